The molecule has 35 heavy (non-hydrogen) atoms. The molecule has 1 aromatic heterocycles. The third-order valence-corrected chi connectivity index (χ3v) is 7.52. The Labute approximate surface area is 214 Å². The zero-order valence-electron chi connectivity index (χ0n) is 20.0. The number of anilines is 2. The molecule has 5 nitrogen and oxygen atoms in total. The van der Waals surface area contributed by atoms with Crippen LogP contribution in [0.3, 0.4) is 0 Å². The van der Waals surface area contributed by atoms with E-state index in [-0.39, 0.29) is 22.3 Å². The summed E-state index contributed by atoms with van der Waals surface area (Å²) in [5.41, 5.74) is 0.101. The topological polar surface area (TPSA) is 53.1 Å². The van der Waals surface area contributed by atoms with Crippen LogP contribution in [0.25, 0.3) is 0 Å². The number of hydrogen-bond donors (Lipinski definition) is 2. The van der Waals surface area contributed by atoms with Crippen molar-refractivity contribution in [3.05, 3.63) is 46.6 Å². The maximum Gasteiger partial charge on any atom is 0.433 e. The molecule has 2 N–H and O–H groups in total. The predicted molar refractivity (Wildman–Crippen MR) is 138 cm³/mol. The average molecular weight is 526 g/mol. The van der Waals surface area contributed by atoms with E-state index in [2.05, 4.69) is 34.4 Å². The number of hydrogen-bond acceptors (Lipinski definition) is 4. The molecular weight excluding hydrogens is 495 g/mol. The highest BCUT2D eigenvalue weighted by Gasteiger charge is 2.37. The van der Waals surface area contributed by atoms with E-state index in [1.165, 1.54) is 5.56 Å². The summed E-state index contributed by atoms with van der Waals surface area (Å²) in [6.07, 6.45) is 0.676. The molecule has 10 heteroatoms. The molecule has 0 amide bonds. The maximum atomic E-state index is 13.6. The molecule has 2 aromatic rings. The van der Waals surface area contributed by atoms with Crippen molar-refractivity contribution in [1.29, 1.82) is 0 Å². The monoisotopic (exact) mass is 525 g/mol. The van der Waals surface area contributed by atoms with E-state index in [9.17, 15) is 13.2 Å². The van der Waals surface area contributed by atoms with Crippen molar-refractivity contribution in [1.82, 2.24) is 15.3 Å². The Morgan fingerprint density at radius 1 is 1.11 bits per heavy atom. The number of rotatable bonds is 5. The Bertz CT molecular complexity index is 1030. The lowest BCUT2D eigenvalue weighted by molar-refractivity contribution is -0.141. The van der Waals surface area contributed by atoms with Crippen LogP contribution in [-0.4, -0.2) is 34.7 Å². The van der Waals surface area contributed by atoms with E-state index < -0.39 is 11.9 Å². The molecule has 2 heterocycles. The van der Waals surface area contributed by atoms with Gasteiger partial charge in [-0.2, -0.15) is 18.2 Å². The lowest BCUT2D eigenvalue weighted by atomic mass is 9.79. The van der Waals surface area contributed by atoms with Gasteiger partial charge < -0.3 is 15.5 Å². The smallest absolute Gasteiger partial charge is 0.361 e. The number of nitrogens with one attached hydrogen (secondary N) is 2. The van der Waals surface area contributed by atoms with Gasteiger partial charge in [0, 0.05) is 36.1 Å². The fourth-order valence-corrected chi connectivity index (χ4v) is 5.75. The minimum absolute atomic E-state index is 0.101. The number of aromatic nitrogens is 2. The van der Waals surface area contributed by atoms with Crippen LogP contribution in [0, 0.1) is 11.8 Å². The molecule has 1 saturated heterocycles. The first-order valence-corrected chi connectivity index (χ1v) is 12.8. The summed E-state index contributed by atoms with van der Waals surface area (Å²) in [5, 5.41) is 6.91. The number of nitrogens with zero attached hydrogens (tertiary/aromatic N) is 3. The average Bonchev–Trinajstić information content (AvgIpc) is 3.27. The van der Waals surface area contributed by atoms with Gasteiger partial charge in [-0.1, -0.05) is 50.4 Å². The van der Waals surface area contributed by atoms with Crippen LogP contribution in [0.2, 0.25) is 5.02 Å². The molecule has 1 aromatic carbocycles. The molecule has 1 saturated carbocycles. The minimum atomic E-state index is -4.58. The fraction of sp³-hybridized carbons (Fsp3) is 0.560. The summed E-state index contributed by atoms with van der Waals surface area (Å²) >= 11 is 11.5. The largest absolute Gasteiger partial charge is 0.433 e. The highest BCUT2D eigenvalue weighted by molar-refractivity contribution is 7.80. The molecule has 1 aliphatic heterocycles. The van der Waals surface area contributed by atoms with Crippen LogP contribution in [0.1, 0.15) is 57.2 Å². The quantitative estimate of drug-likeness (QED) is 0.439. The van der Waals surface area contributed by atoms with Gasteiger partial charge in [0.1, 0.15) is 5.82 Å². The van der Waals surface area contributed by atoms with Crippen molar-refractivity contribution in [2.24, 2.45) is 11.8 Å². The predicted octanol–water partition coefficient (Wildman–Crippen LogP) is 6.43. The van der Waals surface area contributed by atoms with E-state index in [0.717, 1.165) is 38.2 Å². The SMILES string of the molecule is CC1CC(C)CN(c2cc(C(F)(F)F)nc(NC(=S)NCC3(c4ccc(Cl)cc4)CCCC3)n2)C1. The first-order chi connectivity index (χ1) is 16.5. The maximum absolute atomic E-state index is 13.6. The third kappa shape index (κ3) is 6.36. The molecule has 0 spiro atoms. The molecule has 2 aliphatic rings. The zero-order chi connectivity index (χ0) is 25.2. The number of alkyl halides is 3. The summed E-state index contributed by atoms with van der Waals surface area (Å²) in [6, 6.07) is 8.87. The zero-order valence-corrected chi connectivity index (χ0v) is 21.5. The Hall–Kier alpha value is -2.13. The fourth-order valence-electron chi connectivity index (χ4n) is 5.47. The lowest BCUT2D eigenvalue weighted by Crippen LogP contribution is -2.41. The lowest BCUT2D eigenvalue weighted by Gasteiger charge is -2.36. The summed E-state index contributed by atoms with van der Waals surface area (Å²) in [6.45, 7) is 6.08. The highest BCUT2D eigenvalue weighted by atomic mass is 35.5. The molecular formula is C25H31ClF3N5S. The van der Waals surface area contributed by atoms with E-state index in [1.807, 2.05) is 29.2 Å². The van der Waals surface area contributed by atoms with Gasteiger partial charge in [-0.25, -0.2) is 4.98 Å². The molecule has 4 rings (SSSR count). The van der Waals surface area contributed by atoms with Gasteiger partial charge in [0.05, 0.1) is 0 Å². The van der Waals surface area contributed by atoms with Crippen LogP contribution in [-0.2, 0) is 11.6 Å². The normalized spacial score (nSPS) is 22.2. The van der Waals surface area contributed by atoms with Gasteiger partial charge in [0.25, 0.3) is 0 Å². The first kappa shape index (κ1) is 25.9. The minimum Gasteiger partial charge on any atom is -0.361 e. The standard InChI is InChI=1S/C25H31ClF3N5S/c1-16-11-17(2)14-34(13-16)21-12-20(25(27,28)29)31-22(32-21)33-23(35)30-15-24(9-3-4-10-24)18-5-7-19(26)8-6-18/h5-8,12,16-17H,3-4,9-11,13-15H2,1-2H3,(H2,30,31,32,33,35). The second kappa shape index (κ2) is 10.5. The van der Waals surface area contributed by atoms with E-state index in [0.29, 0.717) is 36.5 Å². The van der Waals surface area contributed by atoms with Crippen molar-refractivity contribution in [2.75, 3.05) is 29.9 Å². The summed E-state index contributed by atoms with van der Waals surface area (Å²) in [5.74, 6) is 0.866. The van der Waals surface area contributed by atoms with E-state index in [4.69, 9.17) is 23.8 Å². The molecule has 2 atom stereocenters. The van der Waals surface area contributed by atoms with Crippen LogP contribution in [0.15, 0.2) is 30.3 Å². The Morgan fingerprint density at radius 3 is 2.34 bits per heavy atom. The second-order valence-corrected chi connectivity index (χ2v) is 10.9. The molecule has 0 bridgehead atoms. The number of halogens is 4. The number of benzene rings is 1. The van der Waals surface area contributed by atoms with Crippen LogP contribution in [0.5, 0.6) is 0 Å². The Morgan fingerprint density at radius 2 is 1.74 bits per heavy atom. The van der Waals surface area contributed by atoms with Gasteiger partial charge in [0.2, 0.25) is 5.95 Å². The number of piperidine rings is 1. The van der Waals surface area contributed by atoms with Crippen molar-refractivity contribution in [3.8, 4) is 0 Å². The first-order valence-electron chi connectivity index (χ1n) is 12.1. The van der Waals surface area contributed by atoms with Crippen LogP contribution >= 0.6 is 23.8 Å². The summed E-state index contributed by atoms with van der Waals surface area (Å²) < 4.78 is 40.9. The summed E-state index contributed by atoms with van der Waals surface area (Å²) in [4.78, 5) is 10.0. The third-order valence-electron chi connectivity index (χ3n) is 7.03. The second-order valence-electron chi connectivity index (χ2n) is 10.1. The van der Waals surface area contributed by atoms with Gasteiger partial charge >= 0.3 is 6.18 Å². The van der Waals surface area contributed by atoms with Gasteiger partial charge in [-0.05, 0) is 61.0 Å². The van der Waals surface area contributed by atoms with Crippen LogP contribution < -0.4 is 15.5 Å². The summed E-state index contributed by atoms with van der Waals surface area (Å²) in [7, 11) is 0. The molecule has 2 fully saturated rings. The molecule has 2 unspecified atom stereocenters. The number of thiocarbonyl (C=S) groups is 1. The van der Waals surface area contributed by atoms with Crippen molar-refractivity contribution in [2.45, 2.75) is 57.5 Å². The molecule has 0 radical (unpaired) electrons. The molecule has 1 aliphatic carbocycles. The highest BCUT2D eigenvalue weighted by Crippen LogP contribution is 2.41. The van der Waals surface area contributed by atoms with Gasteiger partial charge in [-0.15, -0.1) is 0 Å². The van der Waals surface area contributed by atoms with E-state index in [1.54, 1.807) is 0 Å². The molecule has 190 valence electrons. The Kier molecular flexibility index (Phi) is 7.76. The Balaban J connectivity index is 1.50. The van der Waals surface area contributed by atoms with Gasteiger partial charge in [-0.3, -0.25) is 0 Å². The van der Waals surface area contributed by atoms with E-state index >= 15 is 0 Å². The van der Waals surface area contributed by atoms with Crippen molar-refractivity contribution in [3.63, 3.8) is 0 Å². The van der Waals surface area contributed by atoms with Crippen molar-refractivity contribution >= 4 is 40.7 Å². The van der Waals surface area contributed by atoms with Crippen LogP contribution in [0.4, 0.5) is 24.9 Å². The van der Waals surface area contributed by atoms with Gasteiger partial charge in [0.15, 0.2) is 10.8 Å². The van der Waals surface area contributed by atoms with Crippen molar-refractivity contribution < 1.29 is 13.2 Å².